The Balaban J connectivity index is 0.640. The maximum atomic E-state index is 15.4. The average Bonchev–Trinajstić information content (AvgIpc) is 1.40. The van der Waals surface area contributed by atoms with E-state index in [1.807, 2.05) is 69.1 Å². The summed E-state index contributed by atoms with van der Waals surface area (Å²) in [5.74, 6) is 3.71. The van der Waals surface area contributed by atoms with Crippen LogP contribution < -0.4 is 29.9 Å². The first-order valence-corrected chi connectivity index (χ1v) is 41.7. The smallest absolute Gasteiger partial charge is 0.234 e. The van der Waals surface area contributed by atoms with Crippen molar-refractivity contribution in [1.82, 2.24) is 75.1 Å². The molecule has 5 aromatic carbocycles. The molecule has 0 spiro atoms. The minimum absolute atomic E-state index is 0.0107. The largest absolute Gasteiger partial charge is 0.494 e. The third-order valence-electron chi connectivity index (χ3n) is 23.8. The van der Waals surface area contributed by atoms with Gasteiger partial charge in [0.25, 0.3) is 0 Å². The number of aryl methyl sites for hydroxylation is 1. The molecule has 12 rings (SSSR count). The molecule has 1 aliphatic carbocycles. The maximum Gasteiger partial charge on any atom is 0.234 e. The van der Waals surface area contributed by atoms with Gasteiger partial charge in [-0.05, 0) is 176 Å². The lowest BCUT2D eigenvalue weighted by molar-refractivity contribution is -0.139. The summed E-state index contributed by atoms with van der Waals surface area (Å²) in [4.78, 5) is 97.4. The summed E-state index contributed by atoms with van der Waals surface area (Å²) in [6.07, 6.45) is 14.5. The second kappa shape index (κ2) is 36.8. The number of H-pyrrole nitrogens is 3. The molecule has 2 saturated heterocycles. The summed E-state index contributed by atoms with van der Waals surface area (Å²) in [6.45, 7) is 33.9. The van der Waals surface area contributed by atoms with Gasteiger partial charge in [-0.1, -0.05) is 118 Å². The molecule has 2 atom stereocenters. The van der Waals surface area contributed by atoms with Crippen LogP contribution in [0.4, 0.5) is 11.4 Å². The summed E-state index contributed by atoms with van der Waals surface area (Å²) < 4.78 is 14.9. The van der Waals surface area contributed by atoms with Crippen LogP contribution >= 0.6 is 0 Å². The first kappa shape index (κ1) is 82.4. The topological polar surface area (TPSA) is 247 Å². The van der Waals surface area contributed by atoms with E-state index in [2.05, 4.69) is 184 Å². The molecule has 0 radical (unpaired) electrons. The van der Waals surface area contributed by atoms with Gasteiger partial charge in [0, 0.05) is 136 Å². The third-order valence-corrected chi connectivity index (χ3v) is 23.8. The normalized spacial score (nSPS) is 16.6. The Morgan fingerprint density at radius 2 is 1.11 bits per heavy atom. The predicted octanol–water partition coefficient (Wildman–Crippen LogP) is 14.8. The molecule has 1 saturated carbocycles. The second-order valence-corrected chi connectivity index (χ2v) is 34.3. The number of carbonyl (C=O) groups is 4. The number of rotatable bonds is 34. The number of anilines is 2. The molecule has 23 heteroatoms. The second-order valence-electron chi connectivity index (χ2n) is 34.3. The molecule has 2 unspecified atom stereocenters. The fraction of sp³-hybridized carbons (Fsp3) is 0.562. The molecule has 4 aromatic heterocycles. The Kier molecular flexibility index (Phi) is 27.1. The Morgan fingerprint density at radius 3 is 1.75 bits per heavy atom. The van der Waals surface area contributed by atoms with Gasteiger partial charge < -0.3 is 54.7 Å². The minimum atomic E-state index is -1.11. The van der Waals surface area contributed by atoms with Crippen molar-refractivity contribution in [2.24, 2.45) is 0 Å². The molecular weight excluding hydrogens is 1400 g/mol. The quantitative estimate of drug-likeness (QED) is 0.0235. The monoisotopic (exact) mass is 1530 g/mol. The zero-order valence-corrected chi connectivity index (χ0v) is 69.3. The van der Waals surface area contributed by atoms with Crippen molar-refractivity contribution >= 4 is 67.9 Å². The highest BCUT2D eigenvalue weighted by Crippen LogP contribution is 2.44. The lowest BCUT2D eigenvalue weighted by Gasteiger charge is -2.44. The van der Waals surface area contributed by atoms with Crippen LogP contribution in [-0.4, -0.2) is 211 Å². The maximum absolute atomic E-state index is 15.4. The molecule has 3 fully saturated rings. The first-order valence-electron chi connectivity index (χ1n) is 41.7. The number of ether oxygens (including phenoxy) is 2. The van der Waals surface area contributed by atoms with Gasteiger partial charge in [0.1, 0.15) is 29.0 Å². The molecule has 9 aromatic rings. The van der Waals surface area contributed by atoms with E-state index in [9.17, 15) is 14.4 Å². The van der Waals surface area contributed by atoms with Gasteiger partial charge in [-0.3, -0.25) is 33.7 Å². The van der Waals surface area contributed by atoms with Crippen molar-refractivity contribution in [2.75, 3.05) is 116 Å². The van der Waals surface area contributed by atoms with Crippen molar-refractivity contribution in [2.45, 2.75) is 220 Å². The molecule has 2 amide bonds. The Hall–Kier alpha value is -9.03. The third kappa shape index (κ3) is 20.5. The number of hydrogen-bond donors (Lipinski definition) is 5. The highest BCUT2D eigenvalue weighted by atomic mass is 16.5. The first-order chi connectivity index (χ1) is 53.8. The highest BCUT2D eigenvalue weighted by Gasteiger charge is 2.44. The number of fused-ring (bicyclic) bond motifs is 3. The molecule has 3 aliphatic rings. The van der Waals surface area contributed by atoms with E-state index in [1.165, 1.54) is 24.2 Å². The molecule has 5 N–H and O–H groups in total. The van der Waals surface area contributed by atoms with Gasteiger partial charge in [-0.25, -0.2) is 15.0 Å². The van der Waals surface area contributed by atoms with Gasteiger partial charge in [-0.2, -0.15) is 0 Å². The summed E-state index contributed by atoms with van der Waals surface area (Å²) >= 11 is 0. The van der Waals surface area contributed by atoms with Crippen molar-refractivity contribution < 1.29 is 28.7 Å². The van der Waals surface area contributed by atoms with E-state index in [0.717, 1.165) is 181 Å². The zero-order valence-electron chi connectivity index (χ0n) is 69.3. The van der Waals surface area contributed by atoms with E-state index < -0.39 is 11.1 Å². The van der Waals surface area contributed by atoms with Crippen LogP contribution in [0.5, 0.6) is 11.5 Å². The number of benzene rings is 5. The SMILES string of the molecule is CCCN(CC(=O)C(C)(CC)N(CC(=O)NC1CCCCCCCC1)Cc1cn(CCCNC(=O)CCCOc2c(C(C)(C)C)cc(-c3nc4cc(N5CCN(C)CC5)ccc4[nH]3)cc2C(C)(C)C)nn1)C(C)(CC)C(=O)CCCOc1cccc(-c2nc3ccc(-c4nc5ccc(N6CCN(C)CC6)cc5[nH]4)cc3[nH]2)c1. The number of hydrogen-bond acceptors (Lipinski definition) is 17. The molecule has 112 heavy (non-hydrogen) atoms. The number of piperazine rings is 2. The van der Waals surface area contributed by atoms with Crippen LogP contribution in [-0.2, 0) is 43.1 Å². The van der Waals surface area contributed by atoms with Crippen molar-refractivity contribution in [3.05, 3.63) is 114 Å². The predicted molar refractivity (Wildman–Crippen MR) is 451 cm³/mol. The Bertz CT molecular complexity index is 4610. The van der Waals surface area contributed by atoms with Crippen LogP contribution in [0.3, 0.4) is 0 Å². The Labute approximate surface area is 663 Å². The number of amides is 2. The standard InChI is InChI=1S/C89H125N17O6/c1-14-40-104(88(10,15-2)78(107)31-24-50-111-69-30-23-27-62(52-69)83-92-72-36-33-63(55-75(72)95-83)84-93-73-37-34-67(56-76(73)96-84)102-46-42-100(12)43-47-102)60-79(108)89(11,16-3)105(61-81(110)91-65-28-21-19-17-18-20-22-29-65)58-66-59-106(99-98-66)41-26-39-90-80(109)32-25-51-112-82-70(86(4,5)6)53-64(54-71(82)87(7,8)9)85-94-74-38-35-68(57-77(74)97-85)103-48-44-101(13)45-49-103/h23,27,30,33-38,52-57,59,65H,14-22,24-26,28-29,31-32,39-51,58,60-61H2,1-13H3,(H,90,109)(H,91,110)(H,92,95)(H,93,96)(H,94,97). The van der Waals surface area contributed by atoms with Gasteiger partial charge in [0.2, 0.25) is 11.8 Å². The summed E-state index contributed by atoms with van der Waals surface area (Å²) in [7, 11) is 4.35. The number of likely N-dealkylation sites (N-methyl/N-ethyl adjacent to an activating group) is 2. The fourth-order valence-electron chi connectivity index (χ4n) is 16.2. The van der Waals surface area contributed by atoms with Crippen molar-refractivity contribution in [3.8, 4) is 45.7 Å². The van der Waals surface area contributed by atoms with E-state index in [-0.39, 0.29) is 66.3 Å². The molecule has 23 nitrogen and oxygen atoms in total. The number of aromatic amines is 3. The molecule has 0 bridgehead atoms. The van der Waals surface area contributed by atoms with Crippen LogP contribution in [0.15, 0.2) is 97.2 Å². The van der Waals surface area contributed by atoms with E-state index in [4.69, 9.17) is 24.4 Å². The minimum Gasteiger partial charge on any atom is -0.494 e. The number of Topliss-reactive ketones (excluding diaryl/α,β-unsaturated/α-hetero) is 2. The van der Waals surface area contributed by atoms with Crippen molar-refractivity contribution in [1.29, 1.82) is 0 Å². The van der Waals surface area contributed by atoms with E-state index in [0.29, 0.717) is 82.8 Å². The van der Waals surface area contributed by atoms with Crippen LogP contribution in [0.25, 0.3) is 67.3 Å². The van der Waals surface area contributed by atoms with Gasteiger partial charge in [0.15, 0.2) is 11.6 Å². The number of nitrogens with zero attached hydrogens (tertiary/aromatic N) is 12. The van der Waals surface area contributed by atoms with E-state index in [1.54, 1.807) is 4.68 Å². The van der Waals surface area contributed by atoms with E-state index >= 15 is 4.79 Å². The fourth-order valence-corrected chi connectivity index (χ4v) is 16.2. The average molecular weight is 1530 g/mol. The number of aromatic nitrogens is 9. The van der Waals surface area contributed by atoms with Gasteiger partial charge in [0.05, 0.1) is 76.2 Å². The van der Waals surface area contributed by atoms with Crippen LogP contribution in [0.1, 0.15) is 196 Å². The molecule has 2 aliphatic heterocycles. The Morgan fingerprint density at radius 1 is 0.545 bits per heavy atom. The zero-order chi connectivity index (χ0) is 79.3. The summed E-state index contributed by atoms with van der Waals surface area (Å²) in [6, 6.07) is 31.6. The lowest BCUT2D eigenvalue weighted by atomic mass is 9.78. The van der Waals surface area contributed by atoms with Crippen molar-refractivity contribution in [3.63, 3.8) is 0 Å². The highest BCUT2D eigenvalue weighted by molar-refractivity contribution is 5.93. The van der Waals surface area contributed by atoms with Crippen LogP contribution in [0, 0.1) is 0 Å². The molecule has 6 heterocycles. The lowest BCUT2D eigenvalue weighted by Crippen LogP contribution is -2.61. The van der Waals surface area contributed by atoms with Crippen LogP contribution in [0.2, 0.25) is 0 Å². The number of imidazole rings is 3. The molecular formula is C89H125N17O6. The van der Waals surface area contributed by atoms with Gasteiger partial charge >= 0.3 is 0 Å². The summed E-state index contributed by atoms with van der Waals surface area (Å²) in [5, 5.41) is 15.7. The number of ketones is 2. The van der Waals surface area contributed by atoms with Gasteiger partial charge in [-0.15, -0.1) is 5.10 Å². The number of carbonyl (C=O) groups excluding carboxylic acids is 4. The number of nitrogens with one attached hydrogen (secondary N) is 5. The molecule has 602 valence electrons. The summed E-state index contributed by atoms with van der Waals surface area (Å²) in [5.41, 5.74) is 11.2.